The van der Waals surface area contributed by atoms with Gasteiger partial charge < -0.3 is 5.73 Å². The average Bonchev–Trinajstić information content (AvgIpc) is 3.09. The highest BCUT2D eigenvalue weighted by atomic mass is 32.1. The fourth-order valence-electron chi connectivity index (χ4n) is 2.15. The van der Waals surface area contributed by atoms with Crippen LogP contribution in [-0.2, 0) is 11.2 Å². The van der Waals surface area contributed by atoms with Crippen molar-refractivity contribution >= 4 is 28.1 Å². The Hall–Kier alpha value is -2.99. The number of nitrogens with zero attached hydrogens (tertiary/aromatic N) is 2. The number of carbonyl (C=O) groups is 1. The lowest BCUT2D eigenvalue weighted by Gasteiger charge is -2.03. The molecule has 0 spiro atoms. The summed E-state index contributed by atoms with van der Waals surface area (Å²) in [4.78, 5) is 16.1. The van der Waals surface area contributed by atoms with Gasteiger partial charge in [0.1, 0.15) is 5.71 Å². The number of thiazole rings is 1. The number of rotatable bonds is 6. The van der Waals surface area contributed by atoms with E-state index in [-0.39, 0.29) is 5.71 Å². The molecule has 3 aromatic rings. The maximum atomic E-state index is 11.6. The van der Waals surface area contributed by atoms with E-state index >= 15 is 0 Å². The van der Waals surface area contributed by atoms with Crippen molar-refractivity contribution in [1.29, 1.82) is 0 Å². The van der Waals surface area contributed by atoms with Crippen molar-refractivity contribution in [3.8, 4) is 11.3 Å². The summed E-state index contributed by atoms with van der Waals surface area (Å²) in [5.74, 6) is -0.550. The van der Waals surface area contributed by atoms with Gasteiger partial charge >= 0.3 is 0 Å². The van der Waals surface area contributed by atoms with E-state index in [9.17, 15) is 4.79 Å². The van der Waals surface area contributed by atoms with Crippen molar-refractivity contribution in [1.82, 2.24) is 4.98 Å². The lowest BCUT2D eigenvalue weighted by Crippen LogP contribution is -2.26. The first-order valence-electron chi connectivity index (χ1n) is 7.39. The van der Waals surface area contributed by atoms with Gasteiger partial charge in [-0.3, -0.25) is 10.2 Å². The number of hydrogen-bond acceptors (Lipinski definition) is 5. The molecule has 0 bridgehead atoms. The average molecular weight is 336 g/mol. The van der Waals surface area contributed by atoms with Crippen molar-refractivity contribution in [3.63, 3.8) is 0 Å². The van der Waals surface area contributed by atoms with E-state index < -0.39 is 5.91 Å². The molecule has 2 aromatic carbocycles. The number of benzene rings is 2. The minimum absolute atomic E-state index is 0.262. The second-order valence-corrected chi connectivity index (χ2v) is 5.96. The lowest BCUT2D eigenvalue weighted by molar-refractivity contribution is -0.112. The number of primary amides is 1. The van der Waals surface area contributed by atoms with Gasteiger partial charge in [0.05, 0.1) is 5.69 Å². The summed E-state index contributed by atoms with van der Waals surface area (Å²) in [6, 6.07) is 19.5. The van der Waals surface area contributed by atoms with E-state index in [0.717, 1.165) is 16.8 Å². The molecular formula is C18H16N4OS. The molecule has 1 heterocycles. The Balaban J connectivity index is 1.73. The molecule has 0 saturated heterocycles. The third kappa shape index (κ3) is 4.05. The number of carbonyl (C=O) groups excluding carboxylic acids is 1. The highest BCUT2D eigenvalue weighted by Gasteiger charge is 2.09. The summed E-state index contributed by atoms with van der Waals surface area (Å²) in [7, 11) is 0. The highest BCUT2D eigenvalue weighted by Crippen LogP contribution is 2.24. The van der Waals surface area contributed by atoms with Gasteiger partial charge in [-0.25, -0.2) is 4.98 Å². The number of hydrazone groups is 1. The molecule has 24 heavy (non-hydrogen) atoms. The van der Waals surface area contributed by atoms with Crippen LogP contribution in [0.1, 0.15) is 5.56 Å². The number of hydrogen-bond donors (Lipinski definition) is 2. The fourth-order valence-corrected chi connectivity index (χ4v) is 2.81. The topological polar surface area (TPSA) is 80.4 Å². The maximum Gasteiger partial charge on any atom is 0.265 e. The van der Waals surface area contributed by atoms with Crippen LogP contribution < -0.4 is 11.2 Å². The summed E-state index contributed by atoms with van der Waals surface area (Å²) < 4.78 is 0. The molecule has 1 amide bonds. The lowest BCUT2D eigenvalue weighted by atomic mass is 10.1. The molecule has 0 aliphatic rings. The van der Waals surface area contributed by atoms with Gasteiger partial charge in [0.25, 0.3) is 5.91 Å². The predicted octanol–water partition coefficient (Wildman–Crippen LogP) is 3.31. The van der Waals surface area contributed by atoms with Crippen molar-refractivity contribution in [2.24, 2.45) is 10.8 Å². The summed E-state index contributed by atoms with van der Waals surface area (Å²) in [6.45, 7) is 0. The summed E-state index contributed by atoms with van der Waals surface area (Å²) in [6.07, 6.45) is 0.375. The van der Waals surface area contributed by atoms with Gasteiger partial charge in [-0.15, -0.1) is 11.3 Å². The van der Waals surface area contributed by atoms with Gasteiger partial charge in [0.2, 0.25) is 5.13 Å². The van der Waals surface area contributed by atoms with E-state index in [0.29, 0.717) is 11.6 Å². The van der Waals surface area contributed by atoms with E-state index in [4.69, 9.17) is 5.73 Å². The zero-order valence-electron chi connectivity index (χ0n) is 12.8. The Labute approximate surface area is 143 Å². The third-order valence-corrected chi connectivity index (χ3v) is 4.11. The zero-order chi connectivity index (χ0) is 16.8. The van der Waals surface area contributed by atoms with Crippen LogP contribution in [0, 0.1) is 0 Å². The Bertz CT molecular complexity index is 844. The van der Waals surface area contributed by atoms with Crippen LogP contribution in [-0.4, -0.2) is 16.6 Å². The summed E-state index contributed by atoms with van der Waals surface area (Å²) in [5.41, 5.74) is 11.4. The number of anilines is 1. The number of nitrogens with two attached hydrogens (primary N) is 1. The molecule has 0 radical (unpaired) electrons. The van der Waals surface area contributed by atoms with Crippen LogP contribution >= 0.6 is 11.3 Å². The molecule has 3 rings (SSSR count). The van der Waals surface area contributed by atoms with Gasteiger partial charge in [0.15, 0.2) is 0 Å². The van der Waals surface area contributed by atoms with Crippen LogP contribution in [0.15, 0.2) is 71.1 Å². The Morgan fingerprint density at radius 2 is 1.75 bits per heavy atom. The second-order valence-electron chi connectivity index (χ2n) is 5.10. The first-order valence-corrected chi connectivity index (χ1v) is 8.27. The molecule has 0 aliphatic heterocycles. The molecule has 0 fully saturated rings. The second kappa shape index (κ2) is 7.52. The van der Waals surface area contributed by atoms with Gasteiger partial charge in [-0.1, -0.05) is 60.7 Å². The van der Waals surface area contributed by atoms with Crippen LogP contribution in [0.4, 0.5) is 5.13 Å². The molecule has 0 unspecified atom stereocenters. The molecule has 0 saturated carbocycles. The minimum Gasteiger partial charge on any atom is -0.364 e. The van der Waals surface area contributed by atoms with Crippen molar-refractivity contribution in [2.45, 2.75) is 6.42 Å². The first kappa shape index (κ1) is 15.9. The largest absolute Gasteiger partial charge is 0.364 e. The van der Waals surface area contributed by atoms with Gasteiger partial charge in [-0.2, -0.15) is 5.10 Å². The van der Waals surface area contributed by atoms with Crippen molar-refractivity contribution in [3.05, 3.63) is 71.6 Å². The molecule has 120 valence electrons. The van der Waals surface area contributed by atoms with Crippen LogP contribution in [0.25, 0.3) is 11.3 Å². The number of aromatic nitrogens is 1. The molecule has 3 N–H and O–H groups in total. The SMILES string of the molecule is NC(=O)C(Cc1ccccc1)=NNc1nc(-c2ccccc2)cs1. The summed E-state index contributed by atoms with van der Waals surface area (Å²) >= 11 is 1.42. The van der Waals surface area contributed by atoms with Gasteiger partial charge in [0, 0.05) is 17.4 Å². The Morgan fingerprint density at radius 1 is 1.08 bits per heavy atom. The quantitative estimate of drug-likeness (QED) is 0.535. The smallest absolute Gasteiger partial charge is 0.265 e. The van der Waals surface area contributed by atoms with E-state index in [1.807, 2.05) is 66.0 Å². The fraction of sp³-hybridized carbons (Fsp3) is 0.0556. The number of amides is 1. The van der Waals surface area contributed by atoms with E-state index in [1.165, 1.54) is 11.3 Å². The highest BCUT2D eigenvalue weighted by molar-refractivity contribution is 7.14. The normalized spacial score (nSPS) is 11.2. The number of nitrogens with one attached hydrogen (secondary N) is 1. The van der Waals surface area contributed by atoms with Crippen molar-refractivity contribution in [2.75, 3.05) is 5.43 Å². The van der Waals surface area contributed by atoms with Crippen LogP contribution in [0.2, 0.25) is 0 Å². The predicted molar refractivity (Wildman–Crippen MR) is 97.9 cm³/mol. The van der Waals surface area contributed by atoms with E-state index in [1.54, 1.807) is 0 Å². The Morgan fingerprint density at radius 3 is 2.42 bits per heavy atom. The molecule has 0 atom stereocenters. The Kier molecular flexibility index (Phi) is 4.98. The van der Waals surface area contributed by atoms with Crippen LogP contribution in [0.5, 0.6) is 0 Å². The third-order valence-electron chi connectivity index (χ3n) is 3.36. The molecule has 6 heteroatoms. The van der Waals surface area contributed by atoms with Gasteiger partial charge in [-0.05, 0) is 5.56 Å². The monoisotopic (exact) mass is 336 g/mol. The molecule has 0 aliphatic carbocycles. The first-order chi connectivity index (χ1) is 11.7. The zero-order valence-corrected chi connectivity index (χ0v) is 13.7. The molecular weight excluding hydrogens is 320 g/mol. The van der Waals surface area contributed by atoms with Crippen molar-refractivity contribution < 1.29 is 4.79 Å². The minimum atomic E-state index is -0.550. The summed E-state index contributed by atoms with van der Waals surface area (Å²) in [5, 5.41) is 6.69. The maximum absolute atomic E-state index is 11.6. The van der Waals surface area contributed by atoms with E-state index in [2.05, 4.69) is 15.5 Å². The molecule has 5 nitrogen and oxygen atoms in total. The molecule has 1 aromatic heterocycles. The van der Waals surface area contributed by atoms with Crippen LogP contribution in [0.3, 0.4) is 0 Å². The standard InChI is InChI=1S/C18H16N4OS/c19-17(23)15(11-13-7-3-1-4-8-13)21-22-18-20-16(12-24-18)14-9-5-2-6-10-14/h1-10,12H,11H2,(H2,19,23)(H,20,22).